The van der Waals surface area contributed by atoms with Crippen molar-refractivity contribution in [3.05, 3.63) is 170 Å². The van der Waals surface area contributed by atoms with Gasteiger partial charge in [-0.05, 0) is 123 Å². The minimum Gasteiger partial charge on any atom is -0.456 e. The maximum atomic E-state index is 6.51. The third kappa shape index (κ3) is 4.00. The van der Waals surface area contributed by atoms with Crippen LogP contribution in [-0.4, -0.2) is 0 Å². The van der Waals surface area contributed by atoms with Crippen molar-refractivity contribution in [2.75, 3.05) is 0 Å². The zero-order chi connectivity index (χ0) is 32.1. The summed E-state index contributed by atoms with van der Waals surface area (Å²) in [6.45, 7) is 0. The monoisotopic (exact) mass is 620 g/mol. The highest BCUT2D eigenvalue weighted by atomic mass is 16.3. The molecule has 0 saturated carbocycles. The van der Waals surface area contributed by atoms with Crippen LogP contribution < -0.4 is 0 Å². The lowest BCUT2D eigenvalue weighted by Gasteiger charge is -2.13. The topological polar surface area (TPSA) is 13.1 Å². The van der Waals surface area contributed by atoms with Gasteiger partial charge in [0.1, 0.15) is 11.2 Å². The highest BCUT2D eigenvalue weighted by Crippen LogP contribution is 2.42. The smallest absolute Gasteiger partial charge is 0.136 e. The first-order valence-corrected chi connectivity index (χ1v) is 16.9. The van der Waals surface area contributed by atoms with Crippen LogP contribution in [-0.2, 0) is 0 Å². The molecule has 0 bridgehead atoms. The first-order valence-electron chi connectivity index (χ1n) is 16.9. The van der Waals surface area contributed by atoms with Crippen LogP contribution in [0.5, 0.6) is 0 Å². The van der Waals surface area contributed by atoms with Crippen LogP contribution in [0.2, 0.25) is 0 Å². The third-order valence-corrected chi connectivity index (χ3v) is 10.6. The number of furan rings is 1. The molecule has 11 aromatic rings. The Bertz CT molecular complexity index is 3140. The van der Waals surface area contributed by atoms with Crippen molar-refractivity contribution in [2.45, 2.75) is 0 Å². The van der Waals surface area contributed by atoms with Gasteiger partial charge >= 0.3 is 0 Å². The van der Waals surface area contributed by atoms with Crippen LogP contribution in [0.3, 0.4) is 0 Å². The van der Waals surface area contributed by atoms with Crippen molar-refractivity contribution in [3.63, 3.8) is 0 Å². The SMILES string of the molecule is c1ccc2cc3c(cc2c1)oc1cc2c4ccc(-c5ccc(-c6ccc7c(ccc8ccccc87)c6)cc5)cc4c4ccccc4c2cc13. The molecule has 0 radical (unpaired) electrons. The fourth-order valence-electron chi connectivity index (χ4n) is 8.14. The minimum absolute atomic E-state index is 0.927. The first-order chi connectivity index (χ1) is 24.2. The summed E-state index contributed by atoms with van der Waals surface area (Å²) in [7, 11) is 0. The molecule has 11 rings (SSSR count). The molecule has 226 valence electrons. The molecule has 0 saturated heterocycles. The average Bonchev–Trinajstić information content (AvgIpc) is 3.52. The predicted octanol–water partition coefficient (Wildman–Crippen LogP) is 13.8. The van der Waals surface area contributed by atoms with Gasteiger partial charge in [-0.1, -0.05) is 133 Å². The molecule has 1 heterocycles. The summed E-state index contributed by atoms with van der Waals surface area (Å²) in [5.74, 6) is 0. The molecule has 0 atom stereocenters. The molecule has 0 aliphatic heterocycles. The van der Waals surface area contributed by atoms with Crippen LogP contribution >= 0.6 is 0 Å². The molecule has 0 amide bonds. The quantitative estimate of drug-likeness (QED) is 0.175. The van der Waals surface area contributed by atoms with Crippen molar-refractivity contribution < 1.29 is 4.42 Å². The highest BCUT2D eigenvalue weighted by Gasteiger charge is 2.15. The van der Waals surface area contributed by atoms with E-state index in [-0.39, 0.29) is 0 Å². The van der Waals surface area contributed by atoms with E-state index in [0.717, 1.165) is 21.9 Å². The number of fused-ring (bicyclic) bond motifs is 13. The van der Waals surface area contributed by atoms with Crippen molar-refractivity contribution in [3.8, 4) is 22.3 Å². The summed E-state index contributed by atoms with van der Waals surface area (Å²) in [4.78, 5) is 0. The normalized spacial score (nSPS) is 12.1. The zero-order valence-electron chi connectivity index (χ0n) is 26.6. The lowest BCUT2D eigenvalue weighted by Crippen LogP contribution is -1.86. The Hall–Kier alpha value is -6.44. The lowest BCUT2D eigenvalue weighted by atomic mass is 9.91. The van der Waals surface area contributed by atoms with Gasteiger partial charge in [0.05, 0.1) is 0 Å². The van der Waals surface area contributed by atoms with E-state index in [4.69, 9.17) is 4.42 Å². The summed E-state index contributed by atoms with van der Waals surface area (Å²) in [6, 6.07) is 62.2. The summed E-state index contributed by atoms with van der Waals surface area (Å²) >= 11 is 0. The van der Waals surface area contributed by atoms with Gasteiger partial charge in [-0.2, -0.15) is 0 Å². The molecule has 0 fully saturated rings. The molecule has 1 heteroatoms. The van der Waals surface area contributed by atoms with Gasteiger partial charge in [0.15, 0.2) is 0 Å². The Morgan fingerprint density at radius 2 is 0.694 bits per heavy atom. The summed E-state index contributed by atoms with van der Waals surface area (Å²) in [5.41, 5.74) is 6.73. The maximum absolute atomic E-state index is 6.51. The van der Waals surface area contributed by atoms with Crippen molar-refractivity contribution >= 4 is 86.6 Å². The molecule has 1 nitrogen and oxygen atoms in total. The van der Waals surface area contributed by atoms with Crippen molar-refractivity contribution in [1.82, 2.24) is 0 Å². The van der Waals surface area contributed by atoms with Gasteiger partial charge in [0.2, 0.25) is 0 Å². The largest absolute Gasteiger partial charge is 0.456 e. The Balaban J connectivity index is 1.04. The molecule has 0 aliphatic carbocycles. The Morgan fingerprint density at radius 3 is 1.45 bits per heavy atom. The Morgan fingerprint density at radius 1 is 0.224 bits per heavy atom. The van der Waals surface area contributed by atoms with E-state index in [1.54, 1.807) is 0 Å². The van der Waals surface area contributed by atoms with Crippen LogP contribution in [0.15, 0.2) is 174 Å². The van der Waals surface area contributed by atoms with Crippen LogP contribution in [0.25, 0.3) is 109 Å². The third-order valence-electron chi connectivity index (χ3n) is 10.6. The van der Waals surface area contributed by atoms with E-state index in [0.29, 0.717) is 0 Å². The first kappa shape index (κ1) is 26.6. The van der Waals surface area contributed by atoms with E-state index in [9.17, 15) is 0 Å². The number of rotatable bonds is 2. The van der Waals surface area contributed by atoms with E-state index >= 15 is 0 Å². The van der Waals surface area contributed by atoms with Crippen molar-refractivity contribution in [2.24, 2.45) is 0 Å². The lowest BCUT2D eigenvalue weighted by molar-refractivity contribution is 0.670. The zero-order valence-corrected chi connectivity index (χ0v) is 26.6. The molecule has 10 aromatic carbocycles. The maximum Gasteiger partial charge on any atom is 0.136 e. The van der Waals surface area contributed by atoms with Crippen LogP contribution in [0, 0.1) is 0 Å². The fourth-order valence-corrected chi connectivity index (χ4v) is 8.14. The molecule has 0 aliphatic rings. The number of benzene rings is 10. The number of hydrogen-bond acceptors (Lipinski definition) is 1. The minimum atomic E-state index is 0.927. The van der Waals surface area contributed by atoms with Crippen molar-refractivity contribution in [1.29, 1.82) is 0 Å². The van der Waals surface area contributed by atoms with E-state index in [1.807, 2.05) is 0 Å². The summed E-state index contributed by atoms with van der Waals surface area (Å²) in [5, 5.41) is 17.4. The highest BCUT2D eigenvalue weighted by molar-refractivity contribution is 6.29. The van der Waals surface area contributed by atoms with E-state index < -0.39 is 0 Å². The van der Waals surface area contributed by atoms with Crippen LogP contribution in [0.4, 0.5) is 0 Å². The van der Waals surface area contributed by atoms with E-state index in [1.165, 1.54) is 86.9 Å². The molecular weight excluding hydrogens is 593 g/mol. The number of hydrogen-bond donors (Lipinski definition) is 0. The van der Waals surface area contributed by atoms with Gasteiger partial charge in [-0.15, -0.1) is 0 Å². The van der Waals surface area contributed by atoms with Crippen LogP contribution in [0.1, 0.15) is 0 Å². The van der Waals surface area contributed by atoms with Gasteiger partial charge in [0.25, 0.3) is 0 Å². The molecule has 0 unspecified atom stereocenters. The van der Waals surface area contributed by atoms with Gasteiger partial charge in [-0.25, -0.2) is 0 Å². The Kier molecular flexibility index (Phi) is 5.45. The molecule has 49 heavy (non-hydrogen) atoms. The second kappa shape index (κ2) is 10.0. The Labute approximate surface area is 282 Å². The summed E-state index contributed by atoms with van der Waals surface area (Å²) in [6.07, 6.45) is 0. The standard InChI is InChI=1S/C48H28O/c1-2-9-33-26-47-45(25-32(33)8-1)46-27-43-40-12-6-5-11-39(40)42-24-35(20-22-41(42)44(43)28-48(46)49-47)30-15-13-29(14-16-30)34-19-21-38-36(23-34)18-17-31-7-3-4-10-37(31)38/h1-28H. The molecular formula is C48H28O. The van der Waals surface area contributed by atoms with E-state index in [2.05, 4.69) is 170 Å². The second-order valence-corrected chi connectivity index (χ2v) is 13.3. The van der Waals surface area contributed by atoms with Gasteiger partial charge in [-0.3, -0.25) is 0 Å². The fraction of sp³-hybridized carbons (Fsp3) is 0. The molecule has 1 aromatic heterocycles. The predicted molar refractivity (Wildman–Crippen MR) is 210 cm³/mol. The molecule has 0 N–H and O–H groups in total. The second-order valence-electron chi connectivity index (χ2n) is 13.3. The van der Waals surface area contributed by atoms with Gasteiger partial charge in [0, 0.05) is 10.8 Å². The molecule has 0 spiro atoms. The average molecular weight is 621 g/mol. The summed E-state index contributed by atoms with van der Waals surface area (Å²) < 4.78 is 6.51. The van der Waals surface area contributed by atoms with Gasteiger partial charge < -0.3 is 4.42 Å².